The molecule has 0 bridgehead atoms. The van der Waals surface area contributed by atoms with Crippen molar-refractivity contribution in [1.82, 2.24) is 15.5 Å². The molecule has 0 radical (unpaired) electrons. The van der Waals surface area contributed by atoms with E-state index in [9.17, 15) is 24.0 Å². The minimum absolute atomic E-state index is 0.0336. The van der Waals surface area contributed by atoms with Crippen LogP contribution in [0.15, 0.2) is 0 Å². The quantitative estimate of drug-likeness (QED) is 0.376. The Morgan fingerprint density at radius 1 is 1.00 bits per heavy atom. The zero-order chi connectivity index (χ0) is 27.1. The Bertz CT molecular complexity index is 939. The number of piperidine rings is 1. The van der Waals surface area contributed by atoms with Crippen LogP contribution in [-0.4, -0.2) is 65.3 Å². The molecule has 1 aliphatic heterocycles. The van der Waals surface area contributed by atoms with Crippen molar-refractivity contribution in [3.63, 3.8) is 0 Å². The summed E-state index contributed by atoms with van der Waals surface area (Å²) < 4.78 is 5.28. The first-order chi connectivity index (χ1) is 17.4. The predicted octanol–water partition coefficient (Wildman–Crippen LogP) is 1.89. The third-order valence-electron chi connectivity index (χ3n) is 8.91. The number of carbonyl (C=O) groups excluding carboxylic acids is 5. The van der Waals surface area contributed by atoms with E-state index in [1.807, 2.05) is 0 Å². The van der Waals surface area contributed by atoms with Gasteiger partial charge in [0.25, 0.3) is 5.91 Å². The molecule has 206 valence electrons. The lowest BCUT2D eigenvalue weighted by Crippen LogP contribution is -2.59. The lowest BCUT2D eigenvalue weighted by molar-refractivity contribution is -0.144. The summed E-state index contributed by atoms with van der Waals surface area (Å²) in [6.07, 6.45) is 6.00. The molecule has 1 saturated heterocycles. The van der Waals surface area contributed by atoms with E-state index in [-0.39, 0.29) is 41.1 Å². The molecule has 3 unspecified atom stereocenters. The number of carbonyl (C=O) groups is 5. The molecule has 10 nitrogen and oxygen atoms in total. The molecule has 10 heteroatoms. The fourth-order valence-corrected chi connectivity index (χ4v) is 6.56. The first-order valence-corrected chi connectivity index (χ1v) is 13.8. The summed E-state index contributed by atoms with van der Waals surface area (Å²) in [4.78, 5) is 65.9. The highest BCUT2D eigenvalue weighted by atomic mass is 16.6. The fraction of sp³-hybridized carbons (Fsp3) is 0.815. The standard InChI is InChI=1S/C27H42N4O6/c1-14(2)37-26(36)30-20(16-8-6-5-7-9-16)25(35)31-13-17-19(27(17,3)4)21(31)24(34)29-18(12-15-10-11-15)22(32)23(28)33/h14-21H,5-13H2,1-4H3,(H2,28,33)(H,29,34)(H,30,36)/t17?,18?,19?,20-,21-/m0/s1. The average Bonchev–Trinajstić information content (AvgIpc) is 3.68. The second kappa shape index (κ2) is 10.6. The first kappa shape index (κ1) is 27.4. The van der Waals surface area contributed by atoms with Crippen LogP contribution in [-0.2, 0) is 23.9 Å². The van der Waals surface area contributed by atoms with Crippen molar-refractivity contribution in [3.05, 3.63) is 0 Å². The summed E-state index contributed by atoms with van der Waals surface area (Å²) in [5.41, 5.74) is 5.14. The number of nitrogens with one attached hydrogen (secondary N) is 2. The van der Waals surface area contributed by atoms with Crippen LogP contribution in [0.3, 0.4) is 0 Å². The number of nitrogens with two attached hydrogens (primary N) is 1. The van der Waals surface area contributed by atoms with Gasteiger partial charge in [-0.05, 0) is 62.2 Å². The van der Waals surface area contributed by atoms with Gasteiger partial charge >= 0.3 is 6.09 Å². The van der Waals surface area contributed by atoms with Gasteiger partial charge in [-0.25, -0.2) is 4.79 Å². The third kappa shape index (κ3) is 5.93. The maximum absolute atomic E-state index is 14.0. The van der Waals surface area contributed by atoms with Crippen molar-refractivity contribution >= 4 is 29.6 Å². The van der Waals surface area contributed by atoms with Crippen LogP contribution in [0.2, 0.25) is 0 Å². The molecule has 0 spiro atoms. The normalized spacial score (nSPS) is 28.1. The minimum atomic E-state index is -1.07. The molecular formula is C27H42N4O6. The van der Waals surface area contributed by atoms with Gasteiger partial charge in [0.05, 0.1) is 12.1 Å². The van der Waals surface area contributed by atoms with Crippen molar-refractivity contribution in [2.24, 2.45) is 34.8 Å². The van der Waals surface area contributed by atoms with E-state index >= 15 is 0 Å². The summed E-state index contributed by atoms with van der Waals surface area (Å²) in [6, 6.07) is -2.54. The molecule has 3 saturated carbocycles. The number of hydrogen-bond acceptors (Lipinski definition) is 6. The van der Waals surface area contributed by atoms with Crippen LogP contribution in [0.25, 0.3) is 0 Å². The van der Waals surface area contributed by atoms with Gasteiger partial charge in [-0.2, -0.15) is 0 Å². The van der Waals surface area contributed by atoms with Crippen LogP contribution in [0, 0.1) is 29.1 Å². The number of alkyl carbamates (subject to hydrolysis) is 1. The molecular weight excluding hydrogens is 476 g/mol. The van der Waals surface area contributed by atoms with E-state index in [1.54, 1.807) is 18.7 Å². The molecule has 0 aromatic heterocycles. The number of likely N-dealkylation sites (tertiary alicyclic amines) is 1. The van der Waals surface area contributed by atoms with E-state index in [4.69, 9.17) is 10.5 Å². The van der Waals surface area contributed by atoms with Gasteiger partial charge in [0.1, 0.15) is 12.1 Å². The van der Waals surface area contributed by atoms with E-state index in [2.05, 4.69) is 24.5 Å². The second-order valence-corrected chi connectivity index (χ2v) is 12.3. The number of fused-ring (bicyclic) bond motifs is 1. The Hall–Kier alpha value is -2.65. The summed E-state index contributed by atoms with van der Waals surface area (Å²) in [6.45, 7) is 8.07. The monoisotopic (exact) mass is 518 g/mol. The highest BCUT2D eigenvalue weighted by Gasteiger charge is 2.69. The number of amides is 4. The SMILES string of the molecule is CC(C)OC(=O)N[C@H](C(=O)N1CC2C([C@H]1C(=O)NC(CC1CC1)C(=O)C(N)=O)C2(C)C)C1CCCCC1. The molecule has 5 atom stereocenters. The van der Waals surface area contributed by atoms with E-state index in [0.29, 0.717) is 13.0 Å². The third-order valence-corrected chi connectivity index (χ3v) is 8.91. The lowest BCUT2D eigenvalue weighted by Gasteiger charge is -2.37. The van der Waals surface area contributed by atoms with E-state index in [1.165, 1.54) is 0 Å². The number of nitrogens with zero attached hydrogens (tertiary/aromatic N) is 1. The maximum atomic E-state index is 14.0. The first-order valence-electron chi connectivity index (χ1n) is 13.8. The van der Waals surface area contributed by atoms with Gasteiger partial charge < -0.3 is 26.0 Å². The molecule has 4 fully saturated rings. The molecule has 3 aliphatic carbocycles. The highest BCUT2D eigenvalue weighted by Crippen LogP contribution is 2.65. The van der Waals surface area contributed by atoms with Crippen molar-refractivity contribution < 1.29 is 28.7 Å². The number of rotatable bonds is 10. The van der Waals surface area contributed by atoms with Gasteiger partial charge in [-0.3, -0.25) is 19.2 Å². The Morgan fingerprint density at radius 3 is 2.22 bits per heavy atom. The molecule has 4 N–H and O–H groups in total. The van der Waals surface area contributed by atoms with Crippen LogP contribution < -0.4 is 16.4 Å². The van der Waals surface area contributed by atoms with Crippen LogP contribution in [0.4, 0.5) is 4.79 Å². The molecule has 37 heavy (non-hydrogen) atoms. The van der Waals surface area contributed by atoms with Crippen molar-refractivity contribution in [2.75, 3.05) is 6.54 Å². The summed E-state index contributed by atoms with van der Waals surface area (Å²) in [7, 11) is 0. The van der Waals surface area contributed by atoms with Crippen molar-refractivity contribution in [1.29, 1.82) is 0 Å². The Kier molecular flexibility index (Phi) is 7.85. The minimum Gasteiger partial charge on any atom is -0.447 e. The van der Waals surface area contributed by atoms with Crippen LogP contribution in [0.5, 0.6) is 0 Å². The molecule has 4 aliphatic rings. The molecule has 0 aromatic rings. The Morgan fingerprint density at radius 2 is 1.65 bits per heavy atom. The topological polar surface area (TPSA) is 148 Å². The van der Waals surface area contributed by atoms with Crippen molar-refractivity contribution in [3.8, 4) is 0 Å². The number of primary amides is 1. The Balaban J connectivity index is 1.55. The number of Topliss-reactive ketones (excluding diaryl/α,β-unsaturated/α-hetero) is 1. The predicted molar refractivity (Wildman–Crippen MR) is 135 cm³/mol. The lowest BCUT2D eigenvalue weighted by atomic mass is 9.83. The van der Waals surface area contributed by atoms with Gasteiger partial charge in [-0.15, -0.1) is 0 Å². The highest BCUT2D eigenvalue weighted by molar-refractivity contribution is 6.37. The summed E-state index contributed by atoms with van der Waals surface area (Å²) >= 11 is 0. The number of ether oxygens (including phenoxy) is 1. The number of ketones is 1. The van der Waals surface area contributed by atoms with Gasteiger partial charge in [0, 0.05) is 6.54 Å². The average molecular weight is 519 g/mol. The second-order valence-electron chi connectivity index (χ2n) is 12.3. The molecule has 4 amide bonds. The van der Waals surface area contributed by atoms with Crippen LogP contribution >= 0.6 is 0 Å². The fourth-order valence-electron chi connectivity index (χ4n) is 6.56. The maximum Gasteiger partial charge on any atom is 0.408 e. The summed E-state index contributed by atoms with van der Waals surface area (Å²) in [5, 5.41) is 5.59. The zero-order valence-electron chi connectivity index (χ0n) is 22.5. The largest absolute Gasteiger partial charge is 0.447 e. The number of hydrogen-bond donors (Lipinski definition) is 3. The molecule has 4 rings (SSSR count). The smallest absolute Gasteiger partial charge is 0.408 e. The van der Waals surface area contributed by atoms with Gasteiger partial charge in [-0.1, -0.05) is 46.0 Å². The zero-order valence-corrected chi connectivity index (χ0v) is 22.5. The summed E-state index contributed by atoms with van der Waals surface area (Å²) in [5.74, 6) is -2.25. The van der Waals surface area contributed by atoms with Gasteiger partial charge in [0.15, 0.2) is 0 Å². The van der Waals surface area contributed by atoms with Crippen molar-refractivity contribution in [2.45, 2.75) is 103 Å². The Labute approximate surface area is 218 Å². The van der Waals surface area contributed by atoms with E-state index in [0.717, 1.165) is 44.9 Å². The van der Waals surface area contributed by atoms with Gasteiger partial charge in [0.2, 0.25) is 17.6 Å². The van der Waals surface area contributed by atoms with Crippen LogP contribution in [0.1, 0.15) is 79.1 Å². The van der Waals surface area contributed by atoms with E-state index < -0.39 is 41.8 Å². The molecule has 1 heterocycles. The molecule has 0 aromatic carbocycles.